The van der Waals surface area contributed by atoms with Crippen LogP contribution in [-0.4, -0.2) is 60.1 Å². The molecule has 1 amide bonds. The van der Waals surface area contributed by atoms with Gasteiger partial charge in [0.25, 0.3) is 5.91 Å². The average Bonchev–Trinajstić information content (AvgIpc) is 2.91. The van der Waals surface area contributed by atoms with Crippen molar-refractivity contribution < 1.29 is 14.4 Å². The second-order valence-corrected chi connectivity index (χ2v) is 6.27. The largest absolute Gasteiger partial charge is 0.341 e. The molecule has 0 bridgehead atoms. The summed E-state index contributed by atoms with van der Waals surface area (Å²) in [5.74, 6) is 0.0342. The normalized spacial score (nSPS) is 20.6. The zero-order chi connectivity index (χ0) is 15.4. The summed E-state index contributed by atoms with van der Waals surface area (Å²) in [6.07, 6.45) is 3.40. The van der Waals surface area contributed by atoms with E-state index in [4.69, 9.17) is 0 Å². The lowest BCUT2D eigenvalue weighted by Gasteiger charge is -2.35. The SMILES string of the molecule is CC(C)N1CCC(CCN(C)C(=O)C2=NOC(=O)C2)CC1. The molecule has 2 rings (SSSR count). The van der Waals surface area contributed by atoms with Crippen LogP contribution in [0.3, 0.4) is 0 Å². The quantitative estimate of drug-likeness (QED) is 0.716. The van der Waals surface area contributed by atoms with Gasteiger partial charge in [-0.2, -0.15) is 0 Å². The molecule has 0 unspecified atom stereocenters. The Bertz CT molecular complexity index is 426. The molecule has 2 aliphatic heterocycles. The van der Waals surface area contributed by atoms with Crippen LogP contribution in [0, 0.1) is 5.92 Å². The summed E-state index contributed by atoms with van der Waals surface area (Å²) in [5, 5.41) is 3.53. The number of nitrogens with zero attached hydrogens (tertiary/aromatic N) is 3. The monoisotopic (exact) mass is 295 g/mol. The molecule has 0 spiro atoms. The Morgan fingerprint density at radius 1 is 1.43 bits per heavy atom. The molecule has 0 aromatic heterocycles. The molecule has 0 saturated carbocycles. The molecule has 1 fully saturated rings. The standard InChI is InChI=1S/C15H25N3O3/c1-11(2)18-8-5-12(6-9-18)4-7-17(3)15(20)13-10-14(19)21-16-13/h11-12H,4-10H2,1-3H3. The van der Waals surface area contributed by atoms with Gasteiger partial charge in [-0.25, -0.2) is 4.79 Å². The van der Waals surface area contributed by atoms with Gasteiger partial charge in [0.1, 0.15) is 0 Å². The molecule has 0 atom stereocenters. The number of likely N-dealkylation sites (tertiary alicyclic amines) is 1. The zero-order valence-electron chi connectivity index (χ0n) is 13.2. The van der Waals surface area contributed by atoms with Gasteiger partial charge in [0.15, 0.2) is 5.71 Å². The third-order valence-electron chi connectivity index (χ3n) is 4.42. The minimum Gasteiger partial charge on any atom is -0.341 e. The molecule has 6 heteroatoms. The zero-order valence-corrected chi connectivity index (χ0v) is 13.2. The van der Waals surface area contributed by atoms with E-state index in [0.717, 1.165) is 19.5 Å². The highest BCUT2D eigenvalue weighted by Gasteiger charge is 2.27. The Labute approximate surface area is 126 Å². The summed E-state index contributed by atoms with van der Waals surface area (Å²) in [6.45, 7) is 7.47. The molecule has 118 valence electrons. The maximum Gasteiger partial charge on any atom is 0.341 e. The second kappa shape index (κ2) is 7.02. The van der Waals surface area contributed by atoms with Gasteiger partial charge in [-0.3, -0.25) is 4.79 Å². The van der Waals surface area contributed by atoms with Crippen molar-refractivity contribution in [2.24, 2.45) is 11.1 Å². The number of oxime groups is 1. The highest BCUT2D eigenvalue weighted by Crippen LogP contribution is 2.22. The highest BCUT2D eigenvalue weighted by molar-refractivity contribution is 6.42. The van der Waals surface area contributed by atoms with Gasteiger partial charge >= 0.3 is 5.97 Å². The predicted molar refractivity (Wildman–Crippen MR) is 79.8 cm³/mol. The van der Waals surface area contributed by atoms with Gasteiger partial charge in [-0.1, -0.05) is 5.16 Å². The van der Waals surface area contributed by atoms with Crippen molar-refractivity contribution in [2.75, 3.05) is 26.7 Å². The fourth-order valence-corrected chi connectivity index (χ4v) is 2.88. The Balaban J connectivity index is 1.71. The van der Waals surface area contributed by atoms with E-state index < -0.39 is 5.97 Å². The first-order chi connectivity index (χ1) is 9.97. The predicted octanol–water partition coefficient (Wildman–Crippen LogP) is 1.26. The van der Waals surface area contributed by atoms with Gasteiger partial charge in [-0.15, -0.1) is 0 Å². The Kier molecular flexibility index (Phi) is 5.33. The molecule has 0 aromatic rings. The van der Waals surface area contributed by atoms with Gasteiger partial charge in [0, 0.05) is 19.6 Å². The third kappa shape index (κ3) is 4.27. The first kappa shape index (κ1) is 15.9. The number of carbonyl (C=O) groups is 2. The van der Waals surface area contributed by atoms with E-state index in [0.29, 0.717) is 18.5 Å². The molecule has 6 nitrogen and oxygen atoms in total. The van der Waals surface area contributed by atoms with E-state index in [1.807, 2.05) is 0 Å². The number of rotatable bonds is 5. The van der Waals surface area contributed by atoms with Crippen molar-refractivity contribution in [1.29, 1.82) is 0 Å². The molecular weight excluding hydrogens is 270 g/mol. The lowest BCUT2D eigenvalue weighted by Crippen LogP contribution is -2.40. The van der Waals surface area contributed by atoms with Gasteiger partial charge < -0.3 is 14.6 Å². The van der Waals surface area contributed by atoms with Crippen LogP contribution in [0.2, 0.25) is 0 Å². The third-order valence-corrected chi connectivity index (χ3v) is 4.42. The number of hydrogen-bond donors (Lipinski definition) is 0. The molecule has 2 heterocycles. The summed E-state index contributed by atoms with van der Waals surface area (Å²) < 4.78 is 0. The minimum absolute atomic E-state index is 0.00402. The number of carbonyl (C=O) groups excluding carboxylic acids is 2. The van der Waals surface area contributed by atoms with Crippen molar-refractivity contribution in [3.05, 3.63) is 0 Å². The molecule has 2 aliphatic rings. The second-order valence-electron chi connectivity index (χ2n) is 6.27. The smallest absolute Gasteiger partial charge is 0.341 e. The van der Waals surface area contributed by atoms with Crippen LogP contribution in [0.4, 0.5) is 0 Å². The maximum absolute atomic E-state index is 12.1. The number of hydrogen-bond acceptors (Lipinski definition) is 5. The van der Waals surface area contributed by atoms with Crippen LogP contribution in [0.15, 0.2) is 5.16 Å². The lowest BCUT2D eigenvalue weighted by atomic mass is 9.92. The van der Waals surface area contributed by atoms with Crippen LogP contribution in [0.5, 0.6) is 0 Å². The molecule has 0 aliphatic carbocycles. The van der Waals surface area contributed by atoms with E-state index >= 15 is 0 Å². The lowest BCUT2D eigenvalue weighted by molar-refractivity contribution is -0.140. The topological polar surface area (TPSA) is 62.2 Å². The van der Waals surface area contributed by atoms with Gasteiger partial charge in [0.2, 0.25) is 0 Å². The number of piperidine rings is 1. The molecule has 0 N–H and O–H groups in total. The van der Waals surface area contributed by atoms with Crippen molar-refractivity contribution in [1.82, 2.24) is 9.80 Å². The summed E-state index contributed by atoms with van der Waals surface area (Å²) in [7, 11) is 1.76. The Morgan fingerprint density at radius 3 is 2.62 bits per heavy atom. The fourth-order valence-electron chi connectivity index (χ4n) is 2.88. The van der Waals surface area contributed by atoms with Crippen LogP contribution in [0.1, 0.15) is 39.5 Å². The van der Waals surface area contributed by atoms with Crippen molar-refractivity contribution in [3.63, 3.8) is 0 Å². The fraction of sp³-hybridized carbons (Fsp3) is 0.800. The Morgan fingerprint density at radius 2 is 2.10 bits per heavy atom. The molecular formula is C15H25N3O3. The Hall–Kier alpha value is -1.43. The van der Waals surface area contributed by atoms with Gasteiger partial charge in [0.05, 0.1) is 6.42 Å². The van der Waals surface area contributed by atoms with E-state index in [1.165, 1.54) is 12.8 Å². The van der Waals surface area contributed by atoms with Crippen LogP contribution in [0.25, 0.3) is 0 Å². The van der Waals surface area contributed by atoms with E-state index in [9.17, 15) is 9.59 Å². The summed E-state index contributed by atoms with van der Waals surface area (Å²) in [5.41, 5.74) is 0.220. The highest BCUT2D eigenvalue weighted by atomic mass is 16.7. The first-order valence-corrected chi connectivity index (χ1v) is 7.73. The maximum atomic E-state index is 12.1. The van der Waals surface area contributed by atoms with Crippen LogP contribution in [-0.2, 0) is 14.4 Å². The average molecular weight is 295 g/mol. The minimum atomic E-state index is -0.451. The summed E-state index contributed by atoms with van der Waals surface area (Å²) >= 11 is 0. The molecule has 0 aromatic carbocycles. The first-order valence-electron chi connectivity index (χ1n) is 7.73. The summed E-state index contributed by atoms with van der Waals surface area (Å²) in [4.78, 5) is 31.6. The van der Waals surface area contributed by atoms with E-state index in [1.54, 1.807) is 11.9 Å². The van der Waals surface area contributed by atoms with Gasteiger partial charge in [-0.05, 0) is 52.1 Å². The van der Waals surface area contributed by atoms with Crippen molar-refractivity contribution >= 4 is 17.6 Å². The summed E-state index contributed by atoms with van der Waals surface area (Å²) in [6, 6.07) is 0.619. The van der Waals surface area contributed by atoms with E-state index in [-0.39, 0.29) is 18.0 Å². The molecule has 21 heavy (non-hydrogen) atoms. The molecule has 1 saturated heterocycles. The van der Waals surface area contributed by atoms with Crippen LogP contribution >= 0.6 is 0 Å². The van der Waals surface area contributed by atoms with Crippen molar-refractivity contribution in [2.45, 2.75) is 45.6 Å². The molecule has 0 radical (unpaired) electrons. The van der Waals surface area contributed by atoms with E-state index in [2.05, 4.69) is 28.7 Å². The van der Waals surface area contributed by atoms with Crippen LogP contribution < -0.4 is 0 Å². The number of amides is 1. The van der Waals surface area contributed by atoms with Crippen molar-refractivity contribution in [3.8, 4) is 0 Å².